The number of hydrogen-bond acceptors (Lipinski definition) is 3. The number of carbonyl (C=O) groups is 1. The second-order valence-corrected chi connectivity index (χ2v) is 4.81. The van der Waals surface area contributed by atoms with Gasteiger partial charge in [-0.2, -0.15) is 5.10 Å². The second kappa shape index (κ2) is 6.54. The number of nitrogens with zero attached hydrogens (tertiary/aromatic N) is 2. The van der Waals surface area contributed by atoms with Crippen molar-refractivity contribution in [3.8, 4) is 11.3 Å². The quantitative estimate of drug-likeness (QED) is 0.825. The van der Waals surface area contributed by atoms with E-state index in [1.807, 2.05) is 25.2 Å². The van der Waals surface area contributed by atoms with Gasteiger partial charge in [0.2, 0.25) is 0 Å². The zero-order chi connectivity index (χ0) is 14.5. The first kappa shape index (κ1) is 14.6. The van der Waals surface area contributed by atoms with Gasteiger partial charge in [-0.25, -0.2) is 0 Å². The summed E-state index contributed by atoms with van der Waals surface area (Å²) >= 11 is 6.18. The maximum atomic E-state index is 12.2. The Labute approximate surface area is 122 Å². The molecular formula is C14H17ClN4O. The third-order valence-electron chi connectivity index (χ3n) is 2.86. The molecule has 0 aliphatic rings. The summed E-state index contributed by atoms with van der Waals surface area (Å²) in [7, 11) is 3.62. The minimum atomic E-state index is -0.150. The fraction of sp³-hybridized carbons (Fsp3) is 0.286. The monoisotopic (exact) mass is 292 g/mol. The van der Waals surface area contributed by atoms with Crippen molar-refractivity contribution >= 4 is 17.5 Å². The van der Waals surface area contributed by atoms with Crippen molar-refractivity contribution in [3.05, 3.63) is 41.0 Å². The highest BCUT2D eigenvalue weighted by atomic mass is 35.5. The Kier molecular flexibility index (Phi) is 4.76. The zero-order valence-corrected chi connectivity index (χ0v) is 12.2. The van der Waals surface area contributed by atoms with Crippen LogP contribution in [-0.4, -0.2) is 35.8 Å². The third kappa shape index (κ3) is 3.18. The van der Waals surface area contributed by atoms with Crippen LogP contribution in [0.1, 0.15) is 10.4 Å². The Balaban J connectivity index is 2.31. The molecule has 1 aromatic carbocycles. The van der Waals surface area contributed by atoms with Gasteiger partial charge in [-0.15, -0.1) is 0 Å². The number of hydrogen-bond donors (Lipinski definition) is 2. The van der Waals surface area contributed by atoms with E-state index in [9.17, 15) is 4.79 Å². The summed E-state index contributed by atoms with van der Waals surface area (Å²) in [5.74, 6) is -0.150. The molecule has 6 heteroatoms. The average Bonchev–Trinajstić information content (AvgIpc) is 2.81. The lowest BCUT2D eigenvalue weighted by Crippen LogP contribution is -2.30. The molecule has 0 fully saturated rings. The molecule has 0 aliphatic heterocycles. The van der Waals surface area contributed by atoms with E-state index >= 15 is 0 Å². The normalized spacial score (nSPS) is 10.6. The van der Waals surface area contributed by atoms with Crippen molar-refractivity contribution < 1.29 is 4.79 Å². The van der Waals surface area contributed by atoms with Gasteiger partial charge in [-0.3, -0.25) is 9.48 Å². The van der Waals surface area contributed by atoms with Crippen molar-refractivity contribution in [2.24, 2.45) is 7.05 Å². The number of benzene rings is 1. The average molecular weight is 293 g/mol. The maximum absolute atomic E-state index is 12.2. The van der Waals surface area contributed by atoms with Crippen LogP contribution in [0.4, 0.5) is 0 Å². The number of carbonyl (C=O) groups excluding carboxylic acids is 1. The number of nitrogens with one attached hydrogen (secondary N) is 2. The van der Waals surface area contributed by atoms with Crippen molar-refractivity contribution in [1.29, 1.82) is 0 Å². The number of amides is 1. The van der Waals surface area contributed by atoms with Gasteiger partial charge in [0.1, 0.15) is 5.69 Å². The lowest BCUT2D eigenvalue weighted by Gasteiger charge is -2.06. The Morgan fingerprint density at radius 2 is 2.10 bits per heavy atom. The summed E-state index contributed by atoms with van der Waals surface area (Å²) in [6.07, 6.45) is 1.70. The van der Waals surface area contributed by atoms with E-state index in [0.717, 1.165) is 5.56 Å². The molecule has 1 amide bonds. The van der Waals surface area contributed by atoms with E-state index in [-0.39, 0.29) is 5.91 Å². The molecule has 2 aromatic rings. The Bertz CT molecular complexity index is 609. The molecule has 0 spiro atoms. The van der Waals surface area contributed by atoms with Crippen LogP contribution < -0.4 is 10.6 Å². The molecule has 2 rings (SSSR count). The van der Waals surface area contributed by atoms with E-state index in [1.165, 1.54) is 0 Å². The van der Waals surface area contributed by atoms with Gasteiger partial charge >= 0.3 is 0 Å². The molecule has 0 radical (unpaired) electrons. The van der Waals surface area contributed by atoms with Crippen LogP contribution in [0.15, 0.2) is 30.5 Å². The SMILES string of the molecule is CNCCNC(=O)c1cn(C)nc1-c1ccccc1Cl. The lowest BCUT2D eigenvalue weighted by atomic mass is 10.1. The van der Waals surface area contributed by atoms with Crippen LogP contribution in [0, 0.1) is 0 Å². The van der Waals surface area contributed by atoms with Gasteiger partial charge in [0, 0.05) is 31.9 Å². The molecule has 0 aliphatic carbocycles. The number of rotatable bonds is 5. The van der Waals surface area contributed by atoms with Crippen LogP contribution >= 0.6 is 11.6 Å². The van der Waals surface area contributed by atoms with Crippen molar-refractivity contribution in [3.63, 3.8) is 0 Å². The summed E-state index contributed by atoms with van der Waals surface area (Å²) in [6, 6.07) is 7.36. The predicted molar refractivity (Wildman–Crippen MR) is 79.9 cm³/mol. The van der Waals surface area contributed by atoms with Crippen LogP contribution in [0.5, 0.6) is 0 Å². The standard InChI is InChI=1S/C14H17ClN4O/c1-16-7-8-17-14(20)11-9-19(2)18-13(11)10-5-3-4-6-12(10)15/h3-6,9,16H,7-8H2,1-2H3,(H,17,20). The minimum Gasteiger partial charge on any atom is -0.351 e. The summed E-state index contributed by atoms with van der Waals surface area (Å²) in [4.78, 5) is 12.2. The van der Waals surface area contributed by atoms with Gasteiger partial charge in [0.25, 0.3) is 5.91 Å². The van der Waals surface area contributed by atoms with Gasteiger partial charge in [-0.1, -0.05) is 29.8 Å². The molecule has 0 unspecified atom stereocenters. The summed E-state index contributed by atoms with van der Waals surface area (Å²) in [5.41, 5.74) is 1.88. The Hall–Kier alpha value is -1.85. The number of aryl methyl sites for hydroxylation is 1. The molecule has 0 saturated carbocycles. The van der Waals surface area contributed by atoms with Gasteiger partial charge < -0.3 is 10.6 Å². The van der Waals surface area contributed by atoms with Crippen LogP contribution in [0.2, 0.25) is 5.02 Å². The number of aromatic nitrogens is 2. The highest BCUT2D eigenvalue weighted by Crippen LogP contribution is 2.28. The van der Waals surface area contributed by atoms with E-state index in [1.54, 1.807) is 24.0 Å². The molecular weight excluding hydrogens is 276 g/mol. The van der Waals surface area contributed by atoms with E-state index in [2.05, 4.69) is 15.7 Å². The molecule has 1 heterocycles. The van der Waals surface area contributed by atoms with Crippen LogP contribution in [0.3, 0.4) is 0 Å². The highest BCUT2D eigenvalue weighted by Gasteiger charge is 2.18. The fourth-order valence-electron chi connectivity index (χ4n) is 1.90. The number of likely N-dealkylation sites (N-methyl/N-ethyl adjacent to an activating group) is 1. The third-order valence-corrected chi connectivity index (χ3v) is 3.19. The topological polar surface area (TPSA) is 58.9 Å². The van der Waals surface area contributed by atoms with Crippen LogP contribution in [0.25, 0.3) is 11.3 Å². The molecule has 20 heavy (non-hydrogen) atoms. The van der Waals surface area contributed by atoms with Gasteiger partial charge in [0.05, 0.1) is 10.6 Å². The van der Waals surface area contributed by atoms with Crippen molar-refractivity contribution in [2.45, 2.75) is 0 Å². The van der Waals surface area contributed by atoms with Crippen molar-refractivity contribution in [2.75, 3.05) is 20.1 Å². The highest BCUT2D eigenvalue weighted by molar-refractivity contribution is 6.33. The molecule has 0 atom stereocenters. The maximum Gasteiger partial charge on any atom is 0.255 e. The Morgan fingerprint density at radius 1 is 1.35 bits per heavy atom. The smallest absolute Gasteiger partial charge is 0.255 e. The molecule has 106 valence electrons. The molecule has 0 saturated heterocycles. The fourth-order valence-corrected chi connectivity index (χ4v) is 2.13. The van der Waals surface area contributed by atoms with Crippen molar-refractivity contribution in [1.82, 2.24) is 20.4 Å². The predicted octanol–water partition coefficient (Wildman–Crippen LogP) is 1.69. The Morgan fingerprint density at radius 3 is 2.80 bits per heavy atom. The summed E-state index contributed by atoms with van der Waals surface area (Å²) < 4.78 is 1.62. The van der Waals surface area contributed by atoms with Gasteiger partial charge in [0.15, 0.2) is 0 Å². The summed E-state index contributed by atoms with van der Waals surface area (Å²) in [5, 5.41) is 10.7. The van der Waals surface area contributed by atoms with Gasteiger partial charge in [-0.05, 0) is 13.1 Å². The number of halogens is 1. The largest absolute Gasteiger partial charge is 0.351 e. The van der Waals surface area contributed by atoms with E-state index in [4.69, 9.17) is 11.6 Å². The first-order chi connectivity index (χ1) is 9.63. The lowest BCUT2D eigenvalue weighted by molar-refractivity contribution is 0.0954. The first-order valence-electron chi connectivity index (χ1n) is 6.35. The zero-order valence-electron chi connectivity index (χ0n) is 11.5. The second-order valence-electron chi connectivity index (χ2n) is 4.40. The van der Waals surface area contributed by atoms with E-state index in [0.29, 0.717) is 29.4 Å². The molecule has 1 aromatic heterocycles. The molecule has 2 N–H and O–H groups in total. The van der Waals surface area contributed by atoms with E-state index < -0.39 is 0 Å². The summed E-state index contributed by atoms with van der Waals surface area (Å²) in [6.45, 7) is 1.28. The first-order valence-corrected chi connectivity index (χ1v) is 6.72. The molecule has 0 bridgehead atoms. The minimum absolute atomic E-state index is 0.150. The van der Waals surface area contributed by atoms with Crippen LogP contribution in [-0.2, 0) is 7.05 Å². The molecule has 5 nitrogen and oxygen atoms in total.